The number of methoxy groups -OCH3 is 1. The van der Waals surface area contributed by atoms with E-state index in [1.165, 1.54) is 6.20 Å². The fourth-order valence-corrected chi connectivity index (χ4v) is 4.92. The van der Waals surface area contributed by atoms with Gasteiger partial charge < -0.3 is 19.5 Å². The van der Waals surface area contributed by atoms with Crippen LogP contribution in [0.2, 0.25) is 0 Å². The van der Waals surface area contributed by atoms with E-state index in [9.17, 15) is 9.18 Å². The average Bonchev–Trinajstić information content (AvgIpc) is 3.59. The van der Waals surface area contributed by atoms with Crippen LogP contribution in [0.4, 0.5) is 10.4 Å². The van der Waals surface area contributed by atoms with Crippen LogP contribution in [-0.4, -0.2) is 65.8 Å². The van der Waals surface area contributed by atoms with Crippen molar-refractivity contribution in [3.05, 3.63) is 54.1 Å². The number of hydrogen-bond acceptors (Lipinski definition) is 8. The fraction of sp³-hybridized carbons (Fsp3) is 0.462. The molecule has 10 heteroatoms. The first-order valence-corrected chi connectivity index (χ1v) is 12.4. The van der Waals surface area contributed by atoms with E-state index in [2.05, 4.69) is 25.3 Å². The van der Waals surface area contributed by atoms with Gasteiger partial charge in [0.1, 0.15) is 11.6 Å². The minimum atomic E-state index is -0.266. The maximum absolute atomic E-state index is 13.9. The topological polar surface area (TPSA) is 96.6 Å². The van der Waals surface area contributed by atoms with Gasteiger partial charge in [-0.1, -0.05) is 5.16 Å². The van der Waals surface area contributed by atoms with Crippen molar-refractivity contribution in [2.45, 2.75) is 25.8 Å². The predicted molar refractivity (Wildman–Crippen MR) is 132 cm³/mol. The second-order valence-electron chi connectivity index (χ2n) is 9.49. The van der Waals surface area contributed by atoms with E-state index in [1.54, 1.807) is 19.4 Å². The molecule has 5 rings (SSSR count). The highest BCUT2D eigenvalue weighted by Crippen LogP contribution is 2.26. The average molecular weight is 495 g/mol. The highest BCUT2D eigenvalue weighted by molar-refractivity contribution is 5.79. The molecule has 0 spiro atoms. The van der Waals surface area contributed by atoms with Crippen molar-refractivity contribution in [1.29, 1.82) is 0 Å². The molecule has 9 nitrogen and oxygen atoms in total. The lowest BCUT2D eigenvalue weighted by Crippen LogP contribution is -2.42. The van der Waals surface area contributed by atoms with E-state index in [1.807, 2.05) is 29.2 Å². The number of carbonyl (C=O) groups excluding carboxylic acids is 1. The Hall–Kier alpha value is -3.53. The highest BCUT2D eigenvalue weighted by atomic mass is 19.1. The molecular weight excluding hydrogens is 463 g/mol. The third-order valence-electron chi connectivity index (χ3n) is 7.09. The molecule has 1 atom stereocenters. The normalized spacial score (nSPS) is 18.9. The lowest BCUT2D eigenvalue weighted by molar-refractivity contribution is -0.125. The summed E-state index contributed by atoms with van der Waals surface area (Å²) in [6.45, 7) is 4.38. The van der Waals surface area contributed by atoms with Gasteiger partial charge in [0.05, 0.1) is 13.3 Å². The summed E-state index contributed by atoms with van der Waals surface area (Å²) in [5.74, 6) is 1.51. The molecule has 2 fully saturated rings. The Balaban J connectivity index is 1.05. The van der Waals surface area contributed by atoms with Crippen molar-refractivity contribution in [3.8, 4) is 17.1 Å². The molecule has 1 N–H and O–H groups in total. The first kappa shape index (κ1) is 24.2. The molecule has 0 aliphatic carbocycles. The number of rotatable bonds is 8. The van der Waals surface area contributed by atoms with Gasteiger partial charge in [-0.3, -0.25) is 14.7 Å². The number of hydrogen-bond donors (Lipinski definition) is 1. The SMILES string of the molecule is COc1ccc(-c2noc(N3CCC(C(=O)NCC4CCN(Cc5ccncc5F)C4)CC3)n2)cc1. The number of nitrogens with zero attached hydrogens (tertiary/aromatic N) is 5. The van der Waals surface area contributed by atoms with Gasteiger partial charge in [0.15, 0.2) is 0 Å². The van der Waals surface area contributed by atoms with Crippen molar-refractivity contribution >= 4 is 11.9 Å². The van der Waals surface area contributed by atoms with Gasteiger partial charge in [-0.2, -0.15) is 4.98 Å². The Kier molecular flexibility index (Phi) is 7.41. The second-order valence-corrected chi connectivity index (χ2v) is 9.49. The Morgan fingerprint density at radius 2 is 1.97 bits per heavy atom. The summed E-state index contributed by atoms with van der Waals surface area (Å²) in [6, 6.07) is 9.72. The molecule has 4 heterocycles. The van der Waals surface area contributed by atoms with E-state index in [4.69, 9.17) is 9.26 Å². The largest absolute Gasteiger partial charge is 0.497 e. The van der Waals surface area contributed by atoms with Crippen LogP contribution in [0.25, 0.3) is 11.4 Å². The molecule has 1 unspecified atom stereocenters. The third-order valence-corrected chi connectivity index (χ3v) is 7.09. The molecule has 0 radical (unpaired) electrons. The number of benzene rings is 1. The molecule has 1 aromatic carbocycles. The lowest BCUT2D eigenvalue weighted by Gasteiger charge is -2.30. The number of carbonyl (C=O) groups is 1. The second kappa shape index (κ2) is 11.0. The zero-order valence-corrected chi connectivity index (χ0v) is 20.4. The van der Waals surface area contributed by atoms with Gasteiger partial charge in [0.2, 0.25) is 11.7 Å². The summed E-state index contributed by atoms with van der Waals surface area (Å²) < 4.78 is 24.6. The minimum absolute atomic E-state index is 0.0198. The zero-order chi connectivity index (χ0) is 24.9. The fourth-order valence-electron chi connectivity index (χ4n) is 4.92. The van der Waals surface area contributed by atoms with E-state index in [-0.39, 0.29) is 17.6 Å². The van der Waals surface area contributed by atoms with Crippen molar-refractivity contribution in [3.63, 3.8) is 0 Å². The molecule has 36 heavy (non-hydrogen) atoms. The summed E-state index contributed by atoms with van der Waals surface area (Å²) in [6.07, 6.45) is 5.36. The van der Waals surface area contributed by atoms with Crippen LogP contribution in [0, 0.1) is 17.7 Å². The number of ether oxygens (including phenoxy) is 1. The third kappa shape index (κ3) is 5.64. The van der Waals surface area contributed by atoms with Crippen LogP contribution >= 0.6 is 0 Å². The molecule has 0 saturated carbocycles. The van der Waals surface area contributed by atoms with Crippen LogP contribution in [0.15, 0.2) is 47.2 Å². The quantitative estimate of drug-likeness (QED) is 0.510. The first-order valence-electron chi connectivity index (χ1n) is 12.4. The van der Waals surface area contributed by atoms with Crippen LogP contribution < -0.4 is 15.0 Å². The molecular formula is C26H31FN6O3. The number of pyridine rings is 1. The molecule has 190 valence electrons. The monoisotopic (exact) mass is 494 g/mol. The Morgan fingerprint density at radius 1 is 1.17 bits per heavy atom. The Labute approximate surface area is 209 Å². The zero-order valence-electron chi connectivity index (χ0n) is 20.4. The van der Waals surface area contributed by atoms with Gasteiger partial charge in [-0.25, -0.2) is 4.39 Å². The van der Waals surface area contributed by atoms with E-state index in [0.717, 1.165) is 43.7 Å². The summed E-state index contributed by atoms with van der Waals surface area (Å²) in [7, 11) is 1.63. The van der Waals surface area contributed by atoms with Gasteiger partial charge >= 0.3 is 6.01 Å². The highest BCUT2D eigenvalue weighted by Gasteiger charge is 2.29. The molecule has 2 saturated heterocycles. The van der Waals surface area contributed by atoms with E-state index >= 15 is 0 Å². The maximum atomic E-state index is 13.9. The molecule has 0 bridgehead atoms. The van der Waals surface area contributed by atoms with Gasteiger partial charge in [-0.05, 0) is 62.1 Å². The number of halogens is 1. The number of amides is 1. The van der Waals surface area contributed by atoms with E-state index in [0.29, 0.717) is 49.5 Å². The number of piperidine rings is 1. The van der Waals surface area contributed by atoms with Gasteiger partial charge in [0.25, 0.3) is 0 Å². The van der Waals surface area contributed by atoms with Gasteiger partial charge in [-0.15, -0.1) is 0 Å². The molecule has 2 aliphatic heterocycles. The van der Waals surface area contributed by atoms with Gasteiger partial charge in [0, 0.05) is 56.0 Å². The number of aromatic nitrogens is 3. The smallest absolute Gasteiger partial charge is 0.324 e. The summed E-state index contributed by atoms with van der Waals surface area (Å²) in [5, 5.41) is 7.26. The molecule has 1 amide bonds. The molecule has 3 aromatic rings. The number of nitrogens with one attached hydrogen (secondary N) is 1. The summed E-state index contributed by atoms with van der Waals surface area (Å²) in [4.78, 5) is 25.4. The van der Waals surface area contributed by atoms with Crippen LogP contribution in [0.1, 0.15) is 24.8 Å². The van der Waals surface area contributed by atoms with E-state index < -0.39 is 0 Å². The van der Waals surface area contributed by atoms with Crippen molar-refractivity contribution < 1.29 is 18.4 Å². The number of anilines is 1. The van der Waals surface area contributed by atoms with Crippen LogP contribution in [0.5, 0.6) is 5.75 Å². The Morgan fingerprint density at radius 3 is 2.72 bits per heavy atom. The Bertz CT molecular complexity index is 1160. The summed E-state index contributed by atoms with van der Waals surface area (Å²) >= 11 is 0. The van der Waals surface area contributed by atoms with Crippen LogP contribution in [-0.2, 0) is 11.3 Å². The lowest BCUT2D eigenvalue weighted by atomic mass is 9.96. The molecule has 2 aromatic heterocycles. The molecule has 2 aliphatic rings. The number of likely N-dealkylation sites (tertiary alicyclic amines) is 1. The standard InChI is InChI=1S/C26H31FN6O3/c1-35-22-4-2-19(3-5-22)24-30-26(36-31-24)33-12-8-20(9-13-33)25(34)29-14-18-7-11-32(16-18)17-21-6-10-28-15-23(21)27/h2-6,10,15,18,20H,7-9,11-14,16-17H2,1H3,(H,29,34). The minimum Gasteiger partial charge on any atom is -0.497 e. The summed E-state index contributed by atoms with van der Waals surface area (Å²) in [5.41, 5.74) is 1.52. The van der Waals surface area contributed by atoms with Crippen molar-refractivity contribution in [2.24, 2.45) is 11.8 Å². The van der Waals surface area contributed by atoms with Crippen molar-refractivity contribution in [1.82, 2.24) is 25.3 Å². The van der Waals surface area contributed by atoms with Crippen LogP contribution in [0.3, 0.4) is 0 Å². The van der Waals surface area contributed by atoms with Crippen molar-refractivity contribution in [2.75, 3.05) is 44.7 Å². The first-order chi connectivity index (χ1) is 17.6. The predicted octanol–water partition coefficient (Wildman–Crippen LogP) is 3.13. The maximum Gasteiger partial charge on any atom is 0.324 e.